The second kappa shape index (κ2) is 8.40. The molecule has 5 rings (SSSR count). The minimum Gasteiger partial charge on any atom is -0.469 e. The summed E-state index contributed by atoms with van der Waals surface area (Å²) in [5.74, 6) is 0.824. The summed E-state index contributed by atoms with van der Waals surface area (Å²) in [5, 5.41) is 10.1. The molecule has 37 heavy (non-hydrogen) atoms. The second-order valence-electron chi connectivity index (χ2n) is 14.5. The fourth-order valence-corrected chi connectivity index (χ4v) is 10.7. The Hall–Kier alpha value is -1.69. The minimum atomic E-state index is -0.969. The highest BCUT2D eigenvalue weighted by Crippen LogP contribution is 2.88. The molecule has 0 aromatic carbocycles. The van der Waals surface area contributed by atoms with E-state index < -0.39 is 5.60 Å². The largest absolute Gasteiger partial charge is 0.469 e. The molecule has 6 heteroatoms. The van der Waals surface area contributed by atoms with Crippen LogP contribution in [0.2, 0.25) is 0 Å². The first-order chi connectivity index (χ1) is 17.1. The Morgan fingerprint density at radius 2 is 1.92 bits per heavy atom. The zero-order valence-electron chi connectivity index (χ0n) is 23.7. The van der Waals surface area contributed by atoms with E-state index in [2.05, 4.69) is 27.4 Å². The minimum absolute atomic E-state index is 0.00411. The number of ketones is 1. The Balaban J connectivity index is 1.44. The van der Waals surface area contributed by atoms with Crippen molar-refractivity contribution in [1.82, 2.24) is 0 Å². The van der Waals surface area contributed by atoms with E-state index in [1.165, 1.54) is 7.11 Å². The molecule has 1 spiro atoms. The molecule has 0 aromatic heterocycles. The van der Waals surface area contributed by atoms with Crippen molar-refractivity contribution < 1.29 is 29.0 Å². The molecule has 1 heterocycles. The van der Waals surface area contributed by atoms with Crippen LogP contribution in [0.3, 0.4) is 0 Å². The summed E-state index contributed by atoms with van der Waals surface area (Å²) < 4.78 is 11.0. The van der Waals surface area contributed by atoms with Gasteiger partial charge in [0.05, 0.1) is 12.7 Å². The van der Waals surface area contributed by atoms with E-state index in [9.17, 15) is 19.5 Å². The zero-order valence-corrected chi connectivity index (χ0v) is 23.7. The highest BCUT2D eigenvalue weighted by atomic mass is 16.6. The lowest BCUT2D eigenvalue weighted by atomic mass is 9.43. The maximum atomic E-state index is 12.8. The molecule has 1 N–H and O–H groups in total. The molecule has 0 amide bonds. The number of hydrogen-bond acceptors (Lipinski definition) is 6. The lowest BCUT2D eigenvalue weighted by Gasteiger charge is -2.61. The fraction of sp³-hybridized carbons (Fsp3) is 0.839. The van der Waals surface area contributed by atoms with E-state index >= 15 is 0 Å². The number of aliphatic hydroxyl groups is 1. The summed E-state index contributed by atoms with van der Waals surface area (Å²) in [4.78, 5) is 37.7. The Kier molecular flexibility index (Phi) is 6.11. The van der Waals surface area contributed by atoms with Crippen molar-refractivity contribution >= 4 is 17.7 Å². The standard InChI is InChI=1S/C31H46O6/c1-18(14-20(32)16-27(3,4)35)21-8-10-29(6)23-15-22-25(19(2)26(34)37-22)31(11-9-24(33)36-7)17-30(23,31)13-12-28(21,29)5/h18,21-23,25,35H,2,8-17H2,1,3-7H3. The molecule has 6 nitrogen and oxygen atoms in total. The molecule has 0 aromatic rings. The van der Waals surface area contributed by atoms with Crippen molar-refractivity contribution in [1.29, 1.82) is 0 Å². The van der Waals surface area contributed by atoms with Crippen LogP contribution in [-0.2, 0) is 23.9 Å². The third-order valence-electron chi connectivity index (χ3n) is 12.3. The van der Waals surface area contributed by atoms with Gasteiger partial charge in [0.1, 0.15) is 11.9 Å². The molecule has 0 bridgehead atoms. The molecule has 9 atom stereocenters. The van der Waals surface area contributed by atoms with Gasteiger partial charge in [-0.15, -0.1) is 0 Å². The number of methoxy groups -OCH3 is 1. The number of fused-ring (bicyclic) bond motifs is 4. The smallest absolute Gasteiger partial charge is 0.334 e. The first-order valence-corrected chi connectivity index (χ1v) is 14.3. The summed E-state index contributed by atoms with van der Waals surface area (Å²) >= 11 is 0. The first kappa shape index (κ1) is 26.9. The summed E-state index contributed by atoms with van der Waals surface area (Å²) in [6, 6.07) is 0. The van der Waals surface area contributed by atoms with Crippen LogP contribution in [0.5, 0.6) is 0 Å². The van der Waals surface area contributed by atoms with E-state index in [4.69, 9.17) is 9.47 Å². The molecule has 1 saturated heterocycles. The Labute approximate surface area is 221 Å². The number of carbonyl (C=O) groups excluding carboxylic acids is 3. The van der Waals surface area contributed by atoms with Gasteiger partial charge in [-0.1, -0.05) is 27.4 Å². The van der Waals surface area contributed by atoms with Crippen LogP contribution in [0.4, 0.5) is 0 Å². The van der Waals surface area contributed by atoms with Crippen molar-refractivity contribution in [3.05, 3.63) is 12.2 Å². The van der Waals surface area contributed by atoms with Crippen LogP contribution in [0.15, 0.2) is 12.2 Å². The topological polar surface area (TPSA) is 89.9 Å². The molecular weight excluding hydrogens is 468 g/mol. The van der Waals surface area contributed by atoms with Crippen LogP contribution < -0.4 is 0 Å². The SMILES string of the molecule is C=C1C(=O)OC2CC3C4(C)CCC(C(C)CC(=O)CC(C)(C)O)C4(C)CCC34CC4(CCC(=O)OC)C12. The lowest BCUT2D eigenvalue weighted by Crippen LogP contribution is -2.56. The highest BCUT2D eigenvalue weighted by molar-refractivity contribution is 5.91. The Morgan fingerprint density at radius 3 is 2.57 bits per heavy atom. The van der Waals surface area contributed by atoms with Crippen LogP contribution in [0, 0.1) is 45.3 Å². The molecule has 206 valence electrons. The van der Waals surface area contributed by atoms with Gasteiger partial charge in [0.25, 0.3) is 0 Å². The molecule has 4 saturated carbocycles. The van der Waals surface area contributed by atoms with Crippen LogP contribution in [0.1, 0.15) is 98.8 Å². The maximum absolute atomic E-state index is 12.8. The summed E-state index contributed by atoms with van der Waals surface area (Å²) in [5.41, 5.74) is -0.190. The third-order valence-corrected chi connectivity index (χ3v) is 12.3. The maximum Gasteiger partial charge on any atom is 0.334 e. The first-order valence-electron chi connectivity index (χ1n) is 14.3. The Morgan fingerprint density at radius 1 is 1.22 bits per heavy atom. The average molecular weight is 515 g/mol. The number of hydrogen-bond donors (Lipinski definition) is 1. The lowest BCUT2D eigenvalue weighted by molar-refractivity contribution is -0.158. The monoisotopic (exact) mass is 514 g/mol. The molecule has 1 aliphatic heterocycles. The van der Waals surface area contributed by atoms with Gasteiger partial charge in [0.15, 0.2) is 0 Å². The predicted octanol–water partition coefficient (Wildman–Crippen LogP) is 5.41. The quantitative estimate of drug-likeness (QED) is 0.344. The van der Waals surface area contributed by atoms with Crippen LogP contribution in [-0.4, -0.2) is 41.6 Å². The number of ether oxygens (including phenoxy) is 2. The number of Topliss-reactive ketones (excluding diaryl/α,β-unsaturated/α-hetero) is 1. The van der Waals surface area contributed by atoms with E-state index in [1.54, 1.807) is 13.8 Å². The highest BCUT2D eigenvalue weighted by Gasteiger charge is 2.83. The van der Waals surface area contributed by atoms with Crippen molar-refractivity contribution in [2.75, 3.05) is 7.11 Å². The second-order valence-corrected chi connectivity index (χ2v) is 14.5. The molecule has 5 aliphatic rings. The van der Waals surface area contributed by atoms with E-state index in [0.717, 1.165) is 44.9 Å². The van der Waals surface area contributed by atoms with Gasteiger partial charge in [0.2, 0.25) is 0 Å². The number of rotatable bonds is 8. The van der Waals surface area contributed by atoms with Crippen molar-refractivity contribution in [3.8, 4) is 0 Å². The van der Waals surface area contributed by atoms with Crippen molar-refractivity contribution in [3.63, 3.8) is 0 Å². The summed E-state index contributed by atoms with van der Waals surface area (Å²) in [6.45, 7) is 14.7. The number of esters is 2. The van der Waals surface area contributed by atoms with Crippen molar-refractivity contribution in [2.45, 2.75) is 111 Å². The van der Waals surface area contributed by atoms with E-state index in [0.29, 0.717) is 30.3 Å². The van der Waals surface area contributed by atoms with Gasteiger partial charge in [-0.2, -0.15) is 0 Å². The fourth-order valence-electron chi connectivity index (χ4n) is 10.7. The third kappa shape index (κ3) is 3.71. The predicted molar refractivity (Wildman–Crippen MR) is 139 cm³/mol. The molecule has 9 unspecified atom stereocenters. The zero-order chi connectivity index (χ0) is 27.2. The normalized spacial score (nSPS) is 44.7. The van der Waals surface area contributed by atoms with Gasteiger partial charge in [-0.3, -0.25) is 9.59 Å². The molecular formula is C31H46O6. The van der Waals surface area contributed by atoms with Gasteiger partial charge in [-0.25, -0.2) is 4.79 Å². The molecule has 4 aliphatic carbocycles. The van der Waals surface area contributed by atoms with Gasteiger partial charge in [-0.05, 0) is 98.2 Å². The number of carbonyl (C=O) groups is 3. The van der Waals surface area contributed by atoms with Gasteiger partial charge < -0.3 is 14.6 Å². The van der Waals surface area contributed by atoms with E-state index in [-0.39, 0.29) is 63.7 Å². The van der Waals surface area contributed by atoms with Crippen molar-refractivity contribution in [2.24, 2.45) is 45.3 Å². The summed E-state index contributed by atoms with van der Waals surface area (Å²) in [7, 11) is 1.44. The van der Waals surface area contributed by atoms with Gasteiger partial charge in [0, 0.05) is 30.8 Å². The average Bonchev–Trinajstić information content (AvgIpc) is 3.25. The van der Waals surface area contributed by atoms with Gasteiger partial charge >= 0.3 is 11.9 Å². The summed E-state index contributed by atoms with van der Waals surface area (Å²) in [6.07, 6.45) is 7.99. The Bertz CT molecular complexity index is 1030. The molecule has 5 fully saturated rings. The molecule has 0 radical (unpaired) electrons. The van der Waals surface area contributed by atoms with Crippen LogP contribution in [0.25, 0.3) is 0 Å². The van der Waals surface area contributed by atoms with E-state index in [1.807, 2.05) is 0 Å². The van der Waals surface area contributed by atoms with Crippen LogP contribution >= 0.6 is 0 Å².